The Balaban J connectivity index is 2.12. The standard InChI is InChI=1S/C16H16N2O2S/c1-8-9(2)14(20)10(3)15-13(8)18-16(21-15)17-11-6-4-5-7-12(11)19/h4-7,19-20H,1-3H3,(H,17,18). The van der Waals surface area contributed by atoms with E-state index in [9.17, 15) is 10.2 Å². The molecule has 4 nitrogen and oxygen atoms in total. The van der Waals surface area contributed by atoms with Gasteiger partial charge < -0.3 is 15.5 Å². The minimum atomic E-state index is 0.184. The molecular weight excluding hydrogens is 284 g/mol. The summed E-state index contributed by atoms with van der Waals surface area (Å²) in [5.74, 6) is 0.516. The predicted octanol–water partition coefficient (Wildman–Crippen LogP) is 4.38. The molecule has 0 saturated carbocycles. The first-order valence-electron chi connectivity index (χ1n) is 6.63. The fourth-order valence-corrected chi connectivity index (χ4v) is 3.36. The van der Waals surface area contributed by atoms with E-state index < -0.39 is 0 Å². The quantitative estimate of drug-likeness (QED) is 0.615. The summed E-state index contributed by atoms with van der Waals surface area (Å²) >= 11 is 1.47. The van der Waals surface area contributed by atoms with Gasteiger partial charge in [-0.3, -0.25) is 0 Å². The molecular formula is C16H16N2O2S. The molecule has 0 unspecified atom stereocenters. The van der Waals surface area contributed by atoms with Gasteiger partial charge in [0.15, 0.2) is 5.13 Å². The number of fused-ring (bicyclic) bond motifs is 1. The summed E-state index contributed by atoms with van der Waals surface area (Å²) in [5, 5.41) is 23.8. The van der Waals surface area contributed by atoms with Crippen molar-refractivity contribution in [2.45, 2.75) is 20.8 Å². The second-order valence-corrected chi connectivity index (χ2v) is 6.06. The smallest absolute Gasteiger partial charge is 0.188 e. The molecule has 3 N–H and O–H groups in total. The zero-order chi connectivity index (χ0) is 15.1. The highest BCUT2D eigenvalue weighted by atomic mass is 32.1. The van der Waals surface area contributed by atoms with Gasteiger partial charge in [0, 0.05) is 5.56 Å². The molecule has 5 heteroatoms. The first kappa shape index (κ1) is 13.7. The van der Waals surface area contributed by atoms with Crippen LogP contribution in [0.25, 0.3) is 10.2 Å². The highest BCUT2D eigenvalue weighted by Gasteiger charge is 2.16. The highest BCUT2D eigenvalue weighted by molar-refractivity contribution is 7.22. The van der Waals surface area contributed by atoms with Crippen LogP contribution in [-0.4, -0.2) is 15.2 Å². The van der Waals surface area contributed by atoms with Gasteiger partial charge in [-0.05, 0) is 44.0 Å². The van der Waals surface area contributed by atoms with Crippen LogP contribution < -0.4 is 5.32 Å². The fraction of sp³-hybridized carbons (Fsp3) is 0.188. The minimum absolute atomic E-state index is 0.184. The molecule has 1 aromatic heterocycles. The molecule has 1 heterocycles. The number of aromatic nitrogens is 1. The zero-order valence-electron chi connectivity index (χ0n) is 12.1. The van der Waals surface area contributed by atoms with E-state index in [1.165, 1.54) is 11.3 Å². The van der Waals surface area contributed by atoms with Crippen LogP contribution in [0.1, 0.15) is 16.7 Å². The lowest BCUT2D eigenvalue weighted by atomic mass is 10.0. The molecule has 3 rings (SSSR count). The van der Waals surface area contributed by atoms with Crippen molar-refractivity contribution in [1.82, 2.24) is 4.98 Å². The number of benzene rings is 2. The summed E-state index contributed by atoms with van der Waals surface area (Å²) in [6.07, 6.45) is 0. The molecule has 3 aromatic rings. The third-order valence-corrected chi connectivity index (χ3v) is 4.83. The van der Waals surface area contributed by atoms with Crippen molar-refractivity contribution in [3.8, 4) is 11.5 Å². The topological polar surface area (TPSA) is 65.4 Å². The average Bonchev–Trinajstić information content (AvgIpc) is 2.89. The zero-order valence-corrected chi connectivity index (χ0v) is 12.9. The number of anilines is 2. The van der Waals surface area contributed by atoms with Crippen LogP contribution in [0.5, 0.6) is 11.5 Å². The lowest BCUT2D eigenvalue weighted by Crippen LogP contribution is -1.90. The molecule has 0 atom stereocenters. The highest BCUT2D eigenvalue weighted by Crippen LogP contribution is 2.39. The number of hydrogen-bond donors (Lipinski definition) is 3. The average molecular weight is 300 g/mol. The van der Waals surface area contributed by atoms with E-state index in [2.05, 4.69) is 10.3 Å². The largest absolute Gasteiger partial charge is 0.507 e. The van der Waals surface area contributed by atoms with Gasteiger partial charge in [0.05, 0.1) is 15.9 Å². The molecule has 0 bridgehead atoms. The van der Waals surface area contributed by atoms with Crippen molar-refractivity contribution < 1.29 is 10.2 Å². The summed E-state index contributed by atoms with van der Waals surface area (Å²) in [6.45, 7) is 5.75. The Bertz CT molecular complexity index is 795. The SMILES string of the molecule is Cc1c(O)c(C)c2sc(Nc3ccccc3O)nc2c1C. The van der Waals surface area contributed by atoms with E-state index in [0.29, 0.717) is 16.6 Å². The second kappa shape index (κ2) is 4.93. The van der Waals surface area contributed by atoms with Gasteiger partial charge in [-0.15, -0.1) is 0 Å². The molecule has 0 aliphatic heterocycles. The van der Waals surface area contributed by atoms with Crippen molar-refractivity contribution in [2.75, 3.05) is 5.32 Å². The van der Waals surface area contributed by atoms with Crippen LogP contribution in [0.15, 0.2) is 24.3 Å². The van der Waals surface area contributed by atoms with Crippen LogP contribution in [0.3, 0.4) is 0 Å². The Hall–Kier alpha value is -2.27. The summed E-state index contributed by atoms with van der Waals surface area (Å²) in [7, 11) is 0. The Morgan fingerprint density at radius 2 is 1.71 bits per heavy atom. The number of hydrogen-bond acceptors (Lipinski definition) is 5. The lowest BCUT2D eigenvalue weighted by Gasteiger charge is -2.07. The van der Waals surface area contributed by atoms with Crippen molar-refractivity contribution in [3.05, 3.63) is 41.0 Å². The van der Waals surface area contributed by atoms with Gasteiger partial charge in [0.25, 0.3) is 0 Å². The molecule has 0 radical (unpaired) electrons. The van der Waals surface area contributed by atoms with E-state index in [1.54, 1.807) is 18.2 Å². The van der Waals surface area contributed by atoms with Gasteiger partial charge >= 0.3 is 0 Å². The first-order valence-corrected chi connectivity index (χ1v) is 7.45. The van der Waals surface area contributed by atoms with Crippen LogP contribution in [0, 0.1) is 20.8 Å². The summed E-state index contributed by atoms with van der Waals surface area (Å²) in [6, 6.07) is 7.04. The van der Waals surface area contributed by atoms with Gasteiger partial charge in [-0.2, -0.15) is 0 Å². The maximum atomic E-state index is 10.1. The molecule has 108 valence electrons. The molecule has 2 aromatic carbocycles. The number of thiazole rings is 1. The summed E-state index contributed by atoms with van der Waals surface area (Å²) in [5.41, 5.74) is 4.20. The van der Waals surface area contributed by atoms with E-state index in [0.717, 1.165) is 26.9 Å². The maximum absolute atomic E-state index is 10.1. The first-order chi connectivity index (χ1) is 9.99. The number of nitrogens with one attached hydrogen (secondary N) is 1. The van der Waals surface area contributed by atoms with Crippen LogP contribution in [0.4, 0.5) is 10.8 Å². The predicted molar refractivity (Wildman–Crippen MR) is 86.9 cm³/mol. The summed E-state index contributed by atoms with van der Waals surface area (Å²) < 4.78 is 0.966. The van der Waals surface area contributed by atoms with Crippen LogP contribution in [-0.2, 0) is 0 Å². The number of phenolic OH excluding ortho intramolecular Hbond substituents is 2. The Kier molecular flexibility index (Phi) is 3.22. The van der Waals surface area contributed by atoms with Gasteiger partial charge in [0.2, 0.25) is 0 Å². The van der Waals surface area contributed by atoms with Gasteiger partial charge in [0.1, 0.15) is 11.5 Å². The number of rotatable bonds is 2. The second-order valence-electron chi connectivity index (χ2n) is 5.06. The molecule has 0 aliphatic rings. The number of aromatic hydroxyl groups is 2. The molecule has 0 spiro atoms. The maximum Gasteiger partial charge on any atom is 0.188 e. The van der Waals surface area contributed by atoms with E-state index >= 15 is 0 Å². The Labute approximate surface area is 126 Å². The van der Waals surface area contributed by atoms with Crippen molar-refractivity contribution >= 4 is 32.4 Å². The van der Waals surface area contributed by atoms with Crippen LogP contribution >= 0.6 is 11.3 Å². The summed E-state index contributed by atoms with van der Waals surface area (Å²) in [4.78, 5) is 4.60. The third-order valence-electron chi connectivity index (χ3n) is 3.74. The number of nitrogens with zero attached hydrogens (tertiary/aromatic N) is 1. The molecule has 21 heavy (non-hydrogen) atoms. The lowest BCUT2D eigenvalue weighted by molar-refractivity contribution is 0.467. The van der Waals surface area contributed by atoms with Crippen molar-refractivity contribution in [2.24, 2.45) is 0 Å². The number of phenols is 2. The van der Waals surface area contributed by atoms with Crippen molar-refractivity contribution in [1.29, 1.82) is 0 Å². The Morgan fingerprint density at radius 3 is 2.43 bits per heavy atom. The monoisotopic (exact) mass is 300 g/mol. The fourth-order valence-electron chi connectivity index (χ4n) is 2.32. The number of aryl methyl sites for hydroxylation is 2. The van der Waals surface area contributed by atoms with E-state index in [4.69, 9.17) is 0 Å². The molecule has 0 fully saturated rings. The normalized spacial score (nSPS) is 11.0. The van der Waals surface area contributed by atoms with Gasteiger partial charge in [-0.1, -0.05) is 23.5 Å². The van der Waals surface area contributed by atoms with Gasteiger partial charge in [-0.25, -0.2) is 4.98 Å². The molecule has 0 aliphatic carbocycles. The number of para-hydroxylation sites is 2. The third kappa shape index (κ3) is 2.19. The Morgan fingerprint density at radius 1 is 1.00 bits per heavy atom. The van der Waals surface area contributed by atoms with E-state index in [-0.39, 0.29) is 5.75 Å². The van der Waals surface area contributed by atoms with E-state index in [1.807, 2.05) is 26.8 Å². The van der Waals surface area contributed by atoms with Crippen LogP contribution in [0.2, 0.25) is 0 Å². The molecule has 0 amide bonds. The minimum Gasteiger partial charge on any atom is -0.507 e. The molecule has 0 saturated heterocycles. The van der Waals surface area contributed by atoms with Crippen molar-refractivity contribution in [3.63, 3.8) is 0 Å².